The van der Waals surface area contributed by atoms with Crippen molar-refractivity contribution >= 4 is 11.8 Å². The summed E-state index contributed by atoms with van der Waals surface area (Å²) in [6, 6.07) is 10.5. The molecule has 1 aliphatic rings. The van der Waals surface area contributed by atoms with E-state index in [1.54, 1.807) is 0 Å². The van der Waals surface area contributed by atoms with E-state index in [0.717, 1.165) is 18.5 Å². The largest absolute Gasteiger partial charge is 0.266 e. The van der Waals surface area contributed by atoms with Gasteiger partial charge in [0.2, 0.25) is 0 Å². The van der Waals surface area contributed by atoms with Crippen molar-refractivity contribution in [3.8, 4) is 0 Å². The molecule has 0 saturated heterocycles. The lowest BCUT2D eigenvalue weighted by atomic mass is 9.98. The highest BCUT2D eigenvalue weighted by atomic mass is 14.7. The second-order valence-corrected chi connectivity index (χ2v) is 3.28. The molecule has 0 N–H and O–H groups in total. The van der Waals surface area contributed by atoms with E-state index in [9.17, 15) is 0 Å². The molecule has 0 bridgehead atoms. The number of nitrogens with zero attached hydrogens (tertiary/aromatic N) is 1. The lowest BCUT2D eigenvalue weighted by molar-refractivity contribution is 1.06. The Morgan fingerprint density at radius 1 is 1.15 bits per heavy atom. The Bertz CT molecular complexity index is 347. The van der Waals surface area contributed by atoms with Crippen molar-refractivity contribution in [2.75, 3.05) is 0 Å². The van der Waals surface area contributed by atoms with Gasteiger partial charge in [-0.2, -0.15) is 0 Å². The van der Waals surface area contributed by atoms with Gasteiger partial charge in [0, 0.05) is 11.9 Å². The van der Waals surface area contributed by atoms with Crippen LogP contribution in [0.2, 0.25) is 0 Å². The molecule has 0 aliphatic carbocycles. The van der Waals surface area contributed by atoms with Gasteiger partial charge in [-0.1, -0.05) is 30.3 Å². The molecule has 0 radical (unpaired) electrons. The number of hydrogen-bond acceptors (Lipinski definition) is 1. The molecule has 0 atom stereocenters. The average molecular weight is 171 g/mol. The van der Waals surface area contributed by atoms with Gasteiger partial charge in [-0.25, -0.2) is 0 Å². The Morgan fingerprint density at radius 3 is 2.62 bits per heavy atom. The molecular weight excluding hydrogens is 158 g/mol. The minimum Gasteiger partial charge on any atom is -0.266 e. The fraction of sp³-hybridized carbons (Fsp3) is 0.250. The van der Waals surface area contributed by atoms with E-state index in [0.29, 0.717) is 0 Å². The Hall–Kier alpha value is -1.37. The molecule has 0 fully saturated rings. The highest BCUT2D eigenvalue weighted by molar-refractivity contribution is 5.76. The minimum atomic E-state index is 1.07. The predicted molar refractivity (Wildman–Crippen MR) is 56.8 cm³/mol. The summed E-state index contributed by atoms with van der Waals surface area (Å²) in [5.74, 6) is 0. The third kappa shape index (κ3) is 1.69. The smallest absolute Gasteiger partial charge is 0.0406 e. The zero-order valence-corrected chi connectivity index (χ0v) is 7.83. The number of hydrogen-bond donors (Lipinski definition) is 0. The van der Waals surface area contributed by atoms with E-state index in [4.69, 9.17) is 0 Å². The summed E-state index contributed by atoms with van der Waals surface area (Å²) in [6.07, 6.45) is 4.20. The normalized spacial score (nSPS) is 16.4. The quantitative estimate of drug-likeness (QED) is 0.615. The van der Waals surface area contributed by atoms with Crippen LogP contribution in [0, 0.1) is 0 Å². The zero-order valence-electron chi connectivity index (χ0n) is 7.83. The Morgan fingerprint density at radius 2 is 1.92 bits per heavy atom. The first kappa shape index (κ1) is 8.24. The van der Waals surface area contributed by atoms with Gasteiger partial charge >= 0.3 is 0 Å². The Kier molecular flexibility index (Phi) is 2.26. The van der Waals surface area contributed by atoms with Crippen molar-refractivity contribution in [1.29, 1.82) is 0 Å². The highest BCUT2D eigenvalue weighted by Crippen LogP contribution is 2.26. The maximum Gasteiger partial charge on any atom is 0.0406 e. The molecule has 1 heteroatoms. The molecule has 1 nitrogen and oxygen atoms in total. The molecular formula is C12H13N. The van der Waals surface area contributed by atoms with Gasteiger partial charge in [-0.3, -0.25) is 4.99 Å². The summed E-state index contributed by atoms with van der Waals surface area (Å²) in [5, 5.41) is 0. The predicted octanol–water partition coefficient (Wildman–Crippen LogP) is 3.28. The fourth-order valence-corrected chi connectivity index (χ4v) is 1.66. The van der Waals surface area contributed by atoms with Crippen LogP contribution in [0.4, 0.5) is 0 Å². The van der Waals surface area contributed by atoms with E-state index < -0.39 is 0 Å². The van der Waals surface area contributed by atoms with E-state index in [1.807, 2.05) is 12.3 Å². The van der Waals surface area contributed by atoms with Crippen LogP contribution in [0.5, 0.6) is 0 Å². The van der Waals surface area contributed by atoms with Crippen molar-refractivity contribution < 1.29 is 0 Å². The number of allylic oxidation sites excluding steroid dienone is 2. The third-order valence-corrected chi connectivity index (χ3v) is 2.37. The number of rotatable bonds is 1. The van der Waals surface area contributed by atoms with E-state index in [-0.39, 0.29) is 0 Å². The van der Waals surface area contributed by atoms with Crippen LogP contribution in [0.15, 0.2) is 41.0 Å². The lowest BCUT2D eigenvalue weighted by Crippen LogP contribution is -1.94. The molecule has 1 aromatic rings. The van der Waals surface area contributed by atoms with E-state index in [1.165, 1.54) is 11.1 Å². The molecule has 0 spiro atoms. The van der Waals surface area contributed by atoms with Crippen LogP contribution < -0.4 is 0 Å². The number of benzene rings is 1. The number of aliphatic imine (C=N–C) groups is 1. The summed E-state index contributed by atoms with van der Waals surface area (Å²) in [6.45, 7) is 2.08. The van der Waals surface area contributed by atoms with Crippen molar-refractivity contribution in [2.45, 2.75) is 19.8 Å². The summed E-state index contributed by atoms with van der Waals surface area (Å²) >= 11 is 0. The molecule has 1 heterocycles. The van der Waals surface area contributed by atoms with Crippen LogP contribution in [0.3, 0.4) is 0 Å². The van der Waals surface area contributed by atoms with Gasteiger partial charge in [-0.05, 0) is 30.9 Å². The summed E-state index contributed by atoms with van der Waals surface area (Å²) in [4.78, 5) is 4.34. The van der Waals surface area contributed by atoms with Crippen LogP contribution in [-0.2, 0) is 0 Å². The van der Waals surface area contributed by atoms with Gasteiger partial charge in [0.15, 0.2) is 0 Å². The van der Waals surface area contributed by atoms with E-state index >= 15 is 0 Å². The lowest BCUT2D eigenvalue weighted by Gasteiger charge is -2.12. The standard InChI is InChI=1S/C12H13N/c1-10-12(8-5-9-13-10)11-6-3-2-4-7-11/h2-4,6-7,9H,5,8H2,1H3. The molecule has 0 saturated carbocycles. The molecule has 0 aromatic heterocycles. The van der Waals surface area contributed by atoms with Gasteiger partial charge in [0.25, 0.3) is 0 Å². The molecule has 1 aromatic carbocycles. The minimum absolute atomic E-state index is 1.07. The van der Waals surface area contributed by atoms with Gasteiger partial charge < -0.3 is 0 Å². The third-order valence-electron chi connectivity index (χ3n) is 2.37. The van der Waals surface area contributed by atoms with Crippen LogP contribution >= 0.6 is 0 Å². The van der Waals surface area contributed by atoms with Crippen LogP contribution in [-0.4, -0.2) is 6.21 Å². The second-order valence-electron chi connectivity index (χ2n) is 3.28. The average Bonchev–Trinajstić information content (AvgIpc) is 2.20. The van der Waals surface area contributed by atoms with Crippen molar-refractivity contribution in [3.63, 3.8) is 0 Å². The maximum atomic E-state index is 4.34. The second kappa shape index (κ2) is 3.56. The summed E-state index contributed by atoms with van der Waals surface area (Å²) in [5.41, 5.74) is 3.87. The van der Waals surface area contributed by atoms with Crippen molar-refractivity contribution in [3.05, 3.63) is 41.6 Å². The maximum absolute atomic E-state index is 4.34. The Balaban J connectivity index is 2.41. The fourth-order valence-electron chi connectivity index (χ4n) is 1.66. The Labute approximate surface area is 78.8 Å². The highest BCUT2D eigenvalue weighted by Gasteiger charge is 2.07. The molecule has 66 valence electrons. The topological polar surface area (TPSA) is 12.4 Å². The van der Waals surface area contributed by atoms with Gasteiger partial charge in [-0.15, -0.1) is 0 Å². The van der Waals surface area contributed by atoms with Gasteiger partial charge in [0.05, 0.1) is 0 Å². The zero-order chi connectivity index (χ0) is 9.10. The summed E-state index contributed by atoms with van der Waals surface area (Å²) in [7, 11) is 0. The first-order chi connectivity index (χ1) is 6.38. The monoisotopic (exact) mass is 171 g/mol. The molecule has 0 unspecified atom stereocenters. The first-order valence-corrected chi connectivity index (χ1v) is 4.65. The SMILES string of the molecule is CC1=C(c2ccccc2)CCC=N1. The van der Waals surface area contributed by atoms with Gasteiger partial charge in [0.1, 0.15) is 0 Å². The molecule has 1 aliphatic heterocycles. The first-order valence-electron chi connectivity index (χ1n) is 4.65. The van der Waals surface area contributed by atoms with E-state index in [2.05, 4.69) is 36.2 Å². The summed E-state index contributed by atoms with van der Waals surface area (Å²) < 4.78 is 0. The van der Waals surface area contributed by atoms with Crippen molar-refractivity contribution in [2.24, 2.45) is 4.99 Å². The molecule has 0 amide bonds. The van der Waals surface area contributed by atoms with Crippen LogP contribution in [0.1, 0.15) is 25.3 Å². The molecule has 13 heavy (non-hydrogen) atoms. The van der Waals surface area contributed by atoms with Crippen molar-refractivity contribution in [1.82, 2.24) is 0 Å². The molecule has 2 rings (SSSR count). The van der Waals surface area contributed by atoms with Crippen LogP contribution in [0.25, 0.3) is 5.57 Å².